The van der Waals surface area contributed by atoms with E-state index in [0.29, 0.717) is 6.54 Å². The average Bonchev–Trinajstić information content (AvgIpc) is 3.15. The van der Waals surface area contributed by atoms with Gasteiger partial charge in [-0.05, 0) is 42.2 Å². The quantitative estimate of drug-likeness (QED) is 0.649. The summed E-state index contributed by atoms with van der Waals surface area (Å²) in [6.07, 6.45) is 3.98. The Labute approximate surface area is 168 Å². The fourth-order valence-electron chi connectivity index (χ4n) is 3.30. The minimum atomic E-state index is -0.0231. The molecule has 1 saturated heterocycles. The van der Waals surface area contributed by atoms with E-state index in [9.17, 15) is 4.79 Å². The lowest BCUT2D eigenvalue weighted by Crippen LogP contribution is -2.36. The first-order valence-electron chi connectivity index (χ1n) is 9.41. The van der Waals surface area contributed by atoms with Crippen LogP contribution in [0.3, 0.4) is 0 Å². The number of aromatic nitrogens is 2. The summed E-state index contributed by atoms with van der Waals surface area (Å²) in [6.45, 7) is 3.91. The van der Waals surface area contributed by atoms with Crippen LogP contribution in [0.5, 0.6) is 0 Å². The maximum Gasteiger partial charge on any atom is 0.240 e. The third-order valence-electron chi connectivity index (χ3n) is 4.89. The van der Waals surface area contributed by atoms with E-state index in [2.05, 4.69) is 34.7 Å². The zero-order chi connectivity index (χ0) is 19.3. The lowest BCUT2D eigenvalue weighted by molar-refractivity contribution is -0.121. The summed E-state index contributed by atoms with van der Waals surface area (Å²) in [5, 5.41) is 4.04. The van der Waals surface area contributed by atoms with Gasteiger partial charge in [0.1, 0.15) is 18.0 Å². The van der Waals surface area contributed by atoms with E-state index in [0.717, 1.165) is 48.7 Å². The van der Waals surface area contributed by atoms with Crippen molar-refractivity contribution < 1.29 is 9.53 Å². The topological polar surface area (TPSA) is 59.4 Å². The number of hydrogen-bond acceptors (Lipinski definition) is 5. The molecule has 1 N–H and O–H groups in total. The first-order valence-corrected chi connectivity index (χ1v) is 10.6. The molecule has 0 unspecified atom stereocenters. The van der Waals surface area contributed by atoms with Gasteiger partial charge in [-0.25, -0.2) is 4.98 Å². The van der Waals surface area contributed by atoms with Crippen molar-refractivity contribution in [1.29, 1.82) is 0 Å². The highest BCUT2D eigenvalue weighted by Gasteiger charge is 2.14. The lowest BCUT2D eigenvalue weighted by atomic mass is 10.2. The monoisotopic (exact) mass is 396 g/mol. The van der Waals surface area contributed by atoms with Gasteiger partial charge in [-0.2, -0.15) is 0 Å². The van der Waals surface area contributed by atoms with E-state index in [1.54, 1.807) is 11.8 Å². The Hall–Kier alpha value is -2.51. The molecule has 0 aliphatic carbocycles. The summed E-state index contributed by atoms with van der Waals surface area (Å²) in [5.41, 5.74) is 1.93. The highest BCUT2D eigenvalue weighted by Crippen LogP contribution is 2.20. The molecule has 4 rings (SSSR count). The van der Waals surface area contributed by atoms with Gasteiger partial charge in [0.15, 0.2) is 0 Å². The van der Waals surface area contributed by atoms with Crippen molar-refractivity contribution in [2.45, 2.75) is 18.0 Å². The predicted octanol–water partition coefficient (Wildman–Crippen LogP) is 2.91. The van der Waals surface area contributed by atoms with Crippen LogP contribution in [0.1, 0.15) is 5.56 Å². The summed E-state index contributed by atoms with van der Waals surface area (Å²) < 4.78 is 7.33. The van der Waals surface area contributed by atoms with Crippen LogP contribution in [-0.4, -0.2) is 48.0 Å². The number of pyridine rings is 1. The molecule has 1 aliphatic rings. The number of rotatable bonds is 6. The van der Waals surface area contributed by atoms with Crippen LogP contribution in [-0.2, 0) is 22.6 Å². The second kappa shape index (κ2) is 8.67. The Morgan fingerprint density at radius 2 is 1.93 bits per heavy atom. The molecule has 0 radical (unpaired) electrons. The fourth-order valence-corrected chi connectivity index (χ4v) is 3.71. The standard InChI is InChI=1S/C21H24N4O2S/c1-28-18-5-2-16(3-6-18)14-22-20(26)15-25-9-8-17-4-7-19(23-21(17)25)24-10-12-27-13-11-24/h2-9H,10-15H2,1H3,(H,22,26). The Balaban J connectivity index is 1.42. The molecule has 0 saturated carbocycles. The Kier molecular flexibility index (Phi) is 5.83. The lowest BCUT2D eigenvalue weighted by Gasteiger charge is -2.27. The Bertz CT molecular complexity index is 949. The smallest absolute Gasteiger partial charge is 0.240 e. The van der Waals surface area contributed by atoms with Gasteiger partial charge < -0.3 is 19.5 Å². The normalized spacial score (nSPS) is 14.4. The van der Waals surface area contributed by atoms with E-state index in [1.807, 2.05) is 35.0 Å². The molecule has 3 heterocycles. The van der Waals surface area contributed by atoms with Crippen molar-refractivity contribution in [3.63, 3.8) is 0 Å². The summed E-state index contributed by atoms with van der Waals surface area (Å²) in [6, 6.07) is 14.3. The second-order valence-corrected chi connectivity index (χ2v) is 7.63. The Morgan fingerprint density at radius 3 is 2.68 bits per heavy atom. The van der Waals surface area contributed by atoms with Gasteiger partial charge >= 0.3 is 0 Å². The van der Waals surface area contributed by atoms with E-state index in [4.69, 9.17) is 9.72 Å². The number of anilines is 1. The minimum Gasteiger partial charge on any atom is -0.378 e. The van der Waals surface area contributed by atoms with Crippen LogP contribution in [0.2, 0.25) is 0 Å². The molecular formula is C21H24N4O2S. The molecule has 7 heteroatoms. The maximum absolute atomic E-state index is 12.4. The Morgan fingerprint density at radius 1 is 1.14 bits per heavy atom. The third kappa shape index (κ3) is 4.31. The number of carbonyl (C=O) groups is 1. The van der Waals surface area contributed by atoms with Gasteiger partial charge in [-0.1, -0.05) is 12.1 Å². The molecule has 2 aromatic heterocycles. The van der Waals surface area contributed by atoms with Gasteiger partial charge in [-0.15, -0.1) is 11.8 Å². The zero-order valence-electron chi connectivity index (χ0n) is 15.9. The molecule has 1 fully saturated rings. The molecule has 146 valence electrons. The van der Waals surface area contributed by atoms with Crippen LogP contribution < -0.4 is 10.2 Å². The second-order valence-electron chi connectivity index (χ2n) is 6.75. The summed E-state index contributed by atoms with van der Waals surface area (Å²) >= 11 is 1.71. The zero-order valence-corrected chi connectivity index (χ0v) is 16.7. The number of morpholine rings is 1. The van der Waals surface area contributed by atoms with E-state index >= 15 is 0 Å². The van der Waals surface area contributed by atoms with Gasteiger partial charge in [0.2, 0.25) is 5.91 Å². The molecule has 1 amide bonds. The first-order chi connectivity index (χ1) is 13.7. The van der Waals surface area contributed by atoms with Gasteiger partial charge in [0.05, 0.1) is 13.2 Å². The number of hydrogen-bond donors (Lipinski definition) is 1. The molecule has 6 nitrogen and oxygen atoms in total. The molecular weight excluding hydrogens is 372 g/mol. The number of fused-ring (bicyclic) bond motifs is 1. The molecule has 0 spiro atoms. The van der Waals surface area contributed by atoms with Crippen LogP contribution in [0.25, 0.3) is 11.0 Å². The van der Waals surface area contributed by atoms with Crippen molar-refractivity contribution in [3.8, 4) is 0 Å². The van der Waals surface area contributed by atoms with Crippen LogP contribution in [0.4, 0.5) is 5.82 Å². The predicted molar refractivity (Wildman–Crippen MR) is 113 cm³/mol. The van der Waals surface area contributed by atoms with E-state index < -0.39 is 0 Å². The molecule has 1 aliphatic heterocycles. The van der Waals surface area contributed by atoms with Crippen LogP contribution >= 0.6 is 11.8 Å². The number of thioether (sulfide) groups is 1. The maximum atomic E-state index is 12.4. The van der Waals surface area contributed by atoms with Crippen molar-refractivity contribution in [3.05, 3.63) is 54.2 Å². The first kappa shape index (κ1) is 18.8. The van der Waals surface area contributed by atoms with Crippen molar-refractivity contribution in [1.82, 2.24) is 14.9 Å². The SMILES string of the molecule is CSc1ccc(CNC(=O)Cn2ccc3ccc(N4CCOCC4)nc32)cc1. The van der Waals surface area contributed by atoms with Crippen LogP contribution in [0.15, 0.2) is 53.6 Å². The molecule has 0 atom stereocenters. The third-order valence-corrected chi connectivity index (χ3v) is 5.64. The van der Waals surface area contributed by atoms with Crippen molar-refractivity contribution in [2.75, 3.05) is 37.5 Å². The number of benzene rings is 1. The molecule has 0 bridgehead atoms. The van der Waals surface area contributed by atoms with Gasteiger partial charge in [0, 0.05) is 36.1 Å². The fraction of sp³-hybridized carbons (Fsp3) is 0.333. The number of nitrogens with zero attached hydrogens (tertiary/aromatic N) is 3. The molecule has 3 aromatic rings. The van der Waals surface area contributed by atoms with E-state index in [-0.39, 0.29) is 12.5 Å². The largest absolute Gasteiger partial charge is 0.378 e. The summed E-state index contributed by atoms with van der Waals surface area (Å²) in [5.74, 6) is 0.912. The number of carbonyl (C=O) groups excluding carboxylic acids is 1. The van der Waals surface area contributed by atoms with Crippen molar-refractivity contribution >= 4 is 34.5 Å². The molecule has 28 heavy (non-hydrogen) atoms. The van der Waals surface area contributed by atoms with Crippen LogP contribution in [0, 0.1) is 0 Å². The highest BCUT2D eigenvalue weighted by atomic mass is 32.2. The van der Waals surface area contributed by atoms with Gasteiger partial charge in [-0.3, -0.25) is 4.79 Å². The molecule has 1 aromatic carbocycles. The summed E-state index contributed by atoms with van der Waals surface area (Å²) in [4.78, 5) is 20.7. The number of ether oxygens (including phenoxy) is 1. The number of nitrogens with one attached hydrogen (secondary N) is 1. The number of amides is 1. The van der Waals surface area contributed by atoms with Gasteiger partial charge in [0.25, 0.3) is 0 Å². The summed E-state index contributed by atoms with van der Waals surface area (Å²) in [7, 11) is 0. The highest BCUT2D eigenvalue weighted by molar-refractivity contribution is 7.98. The average molecular weight is 397 g/mol. The van der Waals surface area contributed by atoms with E-state index in [1.165, 1.54) is 4.90 Å². The van der Waals surface area contributed by atoms with Crippen molar-refractivity contribution in [2.24, 2.45) is 0 Å². The minimum absolute atomic E-state index is 0.0231.